The van der Waals surface area contributed by atoms with E-state index in [4.69, 9.17) is 9.84 Å². The first-order valence-electron chi connectivity index (χ1n) is 5.74. The lowest BCUT2D eigenvalue weighted by Crippen LogP contribution is -2.36. The normalized spacial score (nSPS) is 14.0. The van der Waals surface area contributed by atoms with Crippen molar-refractivity contribution < 1.29 is 14.6 Å². The number of hydrogen-bond donors (Lipinski definition) is 2. The van der Waals surface area contributed by atoms with E-state index in [-0.39, 0.29) is 18.8 Å². The molecule has 0 radical (unpaired) electrons. The van der Waals surface area contributed by atoms with Crippen LogP contribution in [0.2, 0.25) is 0 Å². The number of nitrogens with one attached hydrogen (secondary N) is 1. The minimum Gasteiger partial charge on any atom is -0.396 e. The maximum Gasteiger partial charge on any atom is 0.209 e. The van der Waals surface area contributed by atoms with Gasteiger partial charge in [-0.05, 0) is 12.0 Å². The molecule has 94 valence electrons. The van der Waals surface area contributed by atoms with Gasteiger partial charge in [0.1, 0.15) is 6.23 Å². The molecular weight excluding hydrogens is 218 g/mol. The molecule has 1 aromatic rings. The molecule has 0 aromatic heterocycles. The number of hydrogen-bond acceptors (Lipinski definition) is 3. The van der Waals surface area contributed by atoms with Gasteiger partial charge in [0.15, 0.2) is 0 Å². The van der Waals surface area contributed by atoms with Crippen molar-refractivity contribution in [3.8, 4) is 0 Å². The summed E-state index contributed by atoms with van der Waals surface area (Å²) in [5.41, 5.74) is 1.06. The predicted octanol–water partition coefficient (Wildman–Crippen LogP) is 1.29. The Morgan fingerprint density at radius 2 is 2.12 bits per heavy atom. The Morgan fingerprint density at radius 1 is 1.41 bits per heavy atom. The van der Waals surface area contributed by atoms with Crippen molar-refractivity contribution in [3.63, 3.8) is 0 Å². The van der Waals surface area contributed by atoms with Crippen LogP contribution in [0.15, 0.2) is 30.3 Å². The van der Waals surface area contributed by atoms with Gasteiger partial charge in [-0.3, -0.25) is 4.79 Å². The van der Waals surface area contributed by atoms with Crippen LogP contribution in [0.5, 0.6) is 0 Å². The standard InChI is InChI=1S/C13H19NO3/c1-11(7-8-15)13(14-10-16)17-9-12-5-3-2-4-6-12/h2-6,10-11,13,15H,7-9H2,1H3,(H,14,16). The predicted molar refractivity (Wildman–Crippen MR) is 65.1 cm³/mol. The van der Waals surface area contributed by atoms with Crippen molar-refractivity contribution in [1.82, 2.24) is 5.32 Å². The molecule has 0 heterocycles. The number of aliphatic hydroxyl groups excluding tert-OH is 1. The average molecular weight is 237 g/mol. The molecule has 1 rings (SSSR count). The summed E-state index contributed by atoms with van der Waals surface area (Å²) < 4.78 is 5.63. The topological polar surface area (TPSA) is 58.6 Å². The number of rotatable bonds is 8. The first-order chi connectivity index (χ1) is 8.27. The molecule has 1 amide bonds. The summed E-state index contributed by atoms with van der Waals surface area (Å²) >= 11 is 0. The minimum atomic E-state index is -0.361. The highest BCUT2D eigenvalue weighted by atomic mass is 16.5. The summed E-state index contributed by atoms with van der Waals surface area (Å²) in [7, 11) is 0. The highest BCUT2D eigenvalue weighted by Crippen LogP contribution is 2.11. The summed E-state index contributed by atoms with van der Waals surface area (Å²) in [6.45, 7) is 2.47. The van der Waals surface area contributed by atoms with Crippen LogP contribution in [0.25, 0.3) is 0 Å². The van der Waals surface area contributed by atoms with Crippen molar-refractivity contribution in [2.75, 3.05) is 6.61 Å². The molecule has 1 aromatic carbocycles. The van der Waals surface area contributed by atoms with E-state index in [9.17, 15) is 4.79 Å². The van der Waals surface area contributed by atoms with E-state index in [1.807, 2.05) is 37.3 Å². The van der Waals surface area contributed by atoms with Gasteiger partial charge in [-0.2, -0.15) is 0 Å². The van der Waals surface area contributed by atoms with Crippen LogP contribution >= 0.6 is 0 Å². The average Bonchev–Trinajstić information content (AvgIpc) is 2.36. The third kappa shape index (κ3) is 4.97. The first kappa shape index (κ1) is 13.7. The second-order valence-corrected chi connectivity index (χ2v) is 3.99. The summed E-state index contributed by atoms with van der Waals surface area (Å²) in [5, 5.41) is 11.5. The highest BCUT2D eigenvalue weighted by molar-refractivity contribution is 5.46. The molecule has 0 aliphatic heterocycles. The number of carbonyl (C=O) groups is 1. The van der Waals surface area contributed by atoms with Gasteiger partial charge in [0.05, 0.1) is 6.61 Å². The van der Waals surface area contributed by atoms with E-state index in [0.29, 0.717) is 19.4 Å². The Hall–Kier alpha value is -1.39. The van der Waals surface area contributed by atoms with Crippen LogP contribution in [-0.4, -0.2) is 24.4 Å². The van der Waals surface area contributed by atoms with E-state index in [0.717, 1.165) is 5.56 Å². The summed E-state index contributed by atoms with van der Waals surface area (Å²) in [5.74, 6) is 0.0777. The summed E-state index contributed by atoms with van der Waals surface area (Å²) in [6, 6.07) is 9.76. The van der Waals surface area contributed by atoms with Crippen LogP contribution < -0.4 is 5.32 Å². The zero-order chi connectivity index (χ0) is 12.5. The fourth-order valence-corrected chi connectivity index (χ4v) is 1.56. The smallest absolute Gasteiger partial charge is 0.209 e. The van der Waals surface area contributed by atoms with Crippen molar-refractivity contribution in [2.45, 2.75) is 26.2 Å². The Kier molecular flexibility index (Phi) is 6.29. The van der Waals surface area contributed by atoms with Crippen molar-refractivity contribution in [2.24, 2.45) is 5.92 Å². The third-order valence-corrected chi connectivity index (χ3v) is 2.61. The number of benzene rings is 1. The second-order valence-electron chi connectivity index (χ2n) is 3.99. The second kappa shape index (κ2) is 7.81. The highest BCUT2D eigenvalue weighted by Gasteiger charge is 2.16. The molecule has 4 heteroatoms. The lowest BCUT2D eigenvalue weighted by Gasteiger charge is -2.23. The van der Waals surface area contributed by atoms with Gasteiger partial charge in [0.25, 0.3) is 0 Å². The van der Waals surface area contributed by atoms with Gasteiger partial charge >= 0.3 is 0 Å². The largest absolute Gasteiger partial charge is 0.396 e. The van der Waals surface area contributed by atoms with Crippen LogP contribution in [0.4, 0.5) is 0 Å². The Morgan fingerprint density at radius 3 is 2.71 bits per heavy atom. The first-order valence-corrected chi connectivity index (χ1v) is 5.74. The molecule has 0 saturated heterocycles. The van der Waals surface area contributed by atoms with Crippen LogP contribution in [0, 0.1) is 5.92 Å². The lowest BCUT2D eigenvalue weighted by atomic mass is 10.1. The fraction of sp³-hybridized carbons (Fsp3) is 0.462. The molecule has 0 bridgehead atoms. The molecule has 0 fully saturated rings. The number of ether oxygens (including phenoxy) is 1. The van der Waals surface area contributed by atoms with Gasteiger partial charge in [-0.1, -0.05) is 37.3 Å². The monoisotopic (exact) mass is 237 g/mol. The number of amides is 1. The molecule has 17 heavy (non-hydrogen) atoms. The van der Waals surface area contributed by atoms with Crippen LogP contribution in [0.3, 0.4) is 0 Å². The van der Waals surface area contributed by atoms with Gasteiger partial charge < -0.3 is 15.2 Å². The zero-order valence-electron chi connectivity index (χ0n) is 10.0. The van der Waals surface area contributed by atoms with Gasteiger partial charge in [-0.15, -0.1) is 0 Å². The zero-order valence-corrected chi connectivity index (χ0v) is 10.0. The minimum absolute atomic E-state index is 0.0777. The van der Waals surface area contributed by atoms with E-state index in [1.165, 1.54) is 0 Å². The Balaban J connectivity index is 2.46. The summed E-state index contributed by atoms with van der Waals surface area (Å²) in [6.07, 6.45) is 0.865. The lowest BCUT2D eigenvalue weighted by molar-refractivity contribution is -0.116. The van der Waals surface area contributed by atoms with Crippen LogP contribution in [-0.2, 0) is 16.1 Å². The molecule has 0 aliphatic carbocycles. The Bertz CT molecular complexity index is 316. The van der Waals surface area contributed by atoms with Crippen molar-refractivity contribution >= 4 is 6.41 Å². The van der Waals surface area contributed by atoms with E-state index in [2.05, 4.69) is 5.32 Å². The Labute approximate surface area is 102 Å². The molecule has 2 N–H and O–H groups in total. The fourth-order valence-electron chi connectivity index (χ4n) is 1.56. The van der Waals surface area contributed by atoms with Gasteiger partial charge in [-0.25, -0.2) is 0 Å². The van der Waals surface area contributed by atoms with E-state index < -0.39 is 0 Å². The maximum atomic E-state index is 10.5. The molecule has 4 nitrogen and oxygen atoms in total. The molecule has 0 spiro atoms. The number of aliphatic hydroxyl groups is 1. The van der Waals surface area contributed by atoms with Gasteiger partial charge in [0.2, 0.25) is 6.41 Å². The SMILES string of the molecule is CC(CCO)C(NC=O)OCc1ccccc1. The van der Waals surface area contributed by atoms with E-state index >= 15 is 0 Å². The molecule has 2 atom stereocenters. The third-order valence-electron chi connectivity index (χ3n) is 2.61. The van der Waals surface area contributed by atoms with Gasteiger partial charge in [0, 0.05) is 12.5 Å². The molecule has 2 unspecified atom stereocenters. The maximum absolute atomic E-state index is 10.5. The number of carbonyl (C=O) groups excluding carboxylic acids is 1. The molecular formula is C13H19NO3. The molecule has 0 aliphatic rings. The quantitative estimate of drug-likeness (QED) is 0.529. The van der Waals surface area contributed by atoms with Crippen molar-refractivity contribution in [1.29, 1.82) is 0 Å². The summed E-state index contributed by atoms with van der Waals surface area (Å²) in [4.78, 5) is 10.5. The molecule has 0 saturated carbocycles. The van der Waals surface area contributed by atoms with Crippen molar-refractivity contribution in [3.05, 3.63) is 35.9 Å². The van der Waals surface area contributed by atoms with E-state index in [1.54, 1.807) is 0 Å². The van der Waals surface area contributed by atoms with Crippen LogP contribution in [0.1, 0.15) is 18.9 Å².